The molecule has 1 atom stereocenters. The zero-order valence-electron chi connectivity index (χ0n) is 7.75. The maximum absolute atomic E-state index is 5.75. The van der Waals surface area contributed by atoms with Crippen LogP contribution in [0.25, 0.3) is 0 Å². The Bertz CT molecular complexity index is 268. The van der Waals surface area contributed by atoms with Gasteiger partial charge in [-0.2, -0.15) is 11.8 Å². The number of pyridine rings is 1. The molecule has 2 nitrogen and oxygen atoms in total. The minimum Gasteiger partial charge on any atom is -0.382 e. The average Bonchev–Trinajstić information content (AvgIpc) is 2.04. The van der Waals surface area contributed by atoms with Crippen molar-refractivity contribution in [2.45, 2.75) is 13.0 Å². The molecule has 0 saturated heterocycles. The van der Waals surface area contributed by atoms with E-state index < -0.39 is 0 Å². The standard InChI is InChI=1S/C9H13ClN2S/c1-7(6-13-2)12-8-3-4-11-9(10)5-8/h3-5,7H,6H2,1-2H3,(H,11,12). The number of hydrogen-bond donors (Lipinski definition) is 1. The minimum atomic E-state index is 0.452. The molecule has 1 heterocycles. The molecule has 1 aromatic heterocycles. The third-order valence-electron chi connectivity index (χ3n) is 1.56. The Morgan fingerprint density at radius 1 is 1.69 bits per heavy atom. The third-order valence-corrected chi connectivity index (χ3v) is 2.60. The number of halogens is 1. The van der Waals surface area contributed by atoms with Crippen molar-refractivity contribution >= 4 is 29.1 Å². The molecule has 1 rings (SSSR count). The monoisotopic (exact) mass is 216 g/mol. The summed E-state index contributed by atoms with van der Waals surface area (Å²) in [6.45, 7) is 2.14. The van der Waals surface area contributed by atoms with Crippen LogP contribution in [0.15, 0.2) is 18.3 Å². The van der Waals surface area contributed by atoms with Crippen LogP contribution in [0.2, 0.25) is 5.15 Å². The van der Waals surface area contributed by atoms with Gasteiger partial charge in [0.1, 0.15) is 5.15 Å². The Kier molecular flexibility index (Phi) is 4.39. The Labute approximate surface area is 88.1 Å². The minimum absolute atomic E-state index is 0.452. The molecule has 13 heavy (non-hydrogen) atoms. The van der Waals surface area contributed by atoms with E-state index >= 15 is 0 Å². The van der Waals surface area contributed by atoms with E-state index in [0.29, 0.717) is 11.2 Å². The molecule has 0 amide bonds. The van der Waals surface area contributed by atoms with Crippen molar-refractivity contribution in [3.8, 4) is 0 Å². The van der Waals surface area contributed by atoms with Crippen LogP contribution in [0.5, 0.6) is 0 Å². The third kappa shape index (κ3) is 3.87. The van der Waals surface area contributed by atoms with Gasteiger partial charge < -0.3 is 5.32 Å². The van der Waals surface area contributed by atoms with Gasteiger partial charge in [0.15, 0.2) is 0 Å². The van der Waals surface area contributed by atoms with Crippen molar-refractivity contribution in [1.29, 1.82) is 0 Å². The molecule has 1 N–H and O–H groups in total. The summed E-state index contributed by atoms with van der Waals surface area (Å²) < 4.78 is 0. The summed E-state index contributed by atoms with van der Waals surface area (Å²) >= 11 is 7.57. The number of rotatable bonds is 4. The van der Waals surface area contributed by atoms with Crippen LogP contribution in [0.3, 0.4) is 0 Å². The largest absolute Gasteiger partial charge is 0.382 e. The van der Waals surface area contributed by atoms with Gasteiger partial charge in [0, 0.05) is 23.7 Å². The Morgan fingerprint density at radius 3 is 3.08 bits per heavy atom. The number of hydrogen-bond acceptors (Lipinski definition) is 3. The van der Waals surface area contributed by atoms with Crippen LogP contribution >= 0.6 is 23.4 Å². The summed E-state index contributed by atoms with van der Waals surface area (Å²) in [7, 11) is 0. The number of aromatic nitrogens is 1. The van der Waals surface area contributed by atoms with E-state index in [0.717, 1.165) is 11.4 Å². The number of anilines is 1. The second kappa shape index (κ2) is 5.35. The van der Waals surface area contributed by atoms with Crippen molar-refractivity contribution < 1.29 is 0 Å². The van der Waals surface area contributed by atoms with E-state index in [4.69, 9.17) is 11.6 Å². The maximum atomic E-state index is 5.75. The zero-order chi connectivity index (χ0) is 9.68. The smallest absolute Gasteiger partial charge is 0.131 e. The highest BCUT2D eigenvalue weighted by Crippen LogP contribution is 2.13. The van der Waals surface area contributed by atoms with Gasteiger partial charge >= 0.3 is 0 Å². The lowest BCUT2D eigenvalue weighted by atomic mass is 10.3. The second-order valence-electron chi connectivity index (χ2n) is 2.87. The van der Waals surface area contributed by atoms with Gasteiger partial charge in [-0.05, 0) is 25.3 Å². The molecule has 0 spiro atoms. The number of nitrogens with zero attached hydrogens (tertiary/aromatic N) is 1. The predicted octanol–water partition coefficient (Wildman–Crippen LogP) is 2.90. The van der Waals surface area contributed by atoms with E-state index in [9.17, 15) is 0 Å². The summed E-state index contributed by atoms with van der Waals surface area (Å²) in [4.78, 5) is 3.91. The molecule has 0 aromatic carbocycles. The van der Waals surface area contributed by atoms with E-state index in [1.807, 2.05) is 23.9 Å². The SMILES string of the molecule is CSCC(C)Nc1ccnc(Cl)c1. The lowest BCUT2D eigenvalue weighted by molar-refractivity contribution is 0.913. The Hall–Kier alpha value is -0.410. The summed E-state index contributed by atoms with van der Waals surface area (Å²) in [6.07, 6.45) is 3.80. The molecular formula is C9H13ClN2S. The van der Waals surface area contributed by atoms with E-state index in [-0.39, 0.29) is 0 Å². The van der Waals surface area contributed by atoms with Gasteiger partial charge in [0.05, 0.1) is 0 Å². The molecule has 1 unspecified atom stereocenters. The maximum Gasteiger partial charge on any atom is 0.131 e. The van der Waals surface area contributed by atoms with Crippen molar-refractivity contribution in [1.82, 2.24) is 4.98 Å². The van der Waals surface area contributed by atoms with Crippen LogP contribution in [-0.2, 0) is 0 Å². The highest BCUT2D eigenvalue weighted by atomic mass is 35.5. The van der Waals surface area contributed by atoms with Crippen molar-refractivity contribution in [3.63, 3.8) is 0 Å². The quantitative estimate of drug-likeness (QED) is 0.784. The predicted molar refractivity (Wildman–Crippen MR) is 60.7 cm³/mol. The average molecular weight is 217 g/mol. The summed E-state index contributed by atoms with van der Waals surface area (Å²) in [5, 5.41) is 3.87. The Balaban J connectivity index is 2.53. The van der Waals surface area contributed by atoms with Gasteiger partial charge in [0.25, 0.3) is 0 Å². The topological polar surface area (TPSA) is 24.9 Å². The molecule has 72 valence electrons. The lowest BCUT2D eigenvalue weighted by Gasteiger charge is -2.13. The molecule has 0 aliphatic rings. The first kappa shape index (κ1) is 10.7. The fourth-order valence-corrected chi connectivity index (χ4v) is 1.83. The normalized spacial score (nSPS) is 12.5. The molecule has 0 saturated carbocycles. The first-order valence-corrected chi connectivity index (χ1v) is 5.86. The molecule has 0 bridgehead atoms. The molecule has 4 heteroatoms. The number of thioether (sulfide) groups is 1. The van der Waals surface area contributed by atoms with Crippen LogP contribution in [0.4, 0.5) is 5.69 Å². The highest BCUT2D eigenvalue weighted by molar-refractivity contribution is 7.98. The fourth-order valence-electron chi connectivity index (χ4n) is 1.07. The van der Waals surface area contributed by atoms with Crippen molar-refractivity contribution in [3.05, 3.63) is 23.5 Å². The van der Waals surface area contributed by atoms with Gasteiger partial charge in [0.2, 0.25) is 0 Å². The van der Waals surface area contributed by atoms with Crippen molar-refractivity contribution in [2.75, 3.05) is 17.3 Å². The summed E-state index contributed by atoms with van der Waals surface area (Å²) in [6, 6.07) is 4.20. The van der Waals surface area contributed by atoms with Crippen LogP contribution in [0.1, 0.15) is 6.92 Å². The molecule has 0 aliphatic heterocycles. The number of nitrogens with one attached hydrogen (secondary N) is 1. The van der Waals surface area contributed by atoms with Crippen LogP contribution in [0, 0.1) is 0 Å². The van der Waals surface area contributed by atoms with Crippen molar-refractivity contribution in [2.24, 2.45) is 0 Å². The Morgan fingerprint density at radius 2 is 2.46 bits per heavy atom. The first-order valence-electron chi connectivity index (χ1n) is 4.09. The van der Waals surface area contributed by atoms with Crippen LogP contribution in [-0.4, -0.2) is 23.0 Å². The van der Waals surface area contributed by atoms with E-state index in [1.165, 1.54) is 0 Å². The second-order valence-corrected chi connectivity index (χ2v) is 4.17. The summed E-state index contributed by atoms with van der Waals surface area (Å²) in [5.41, 5.74) is 1.03. The highest BCUT2D eigenvalue weighted by Gasteiger charge is 2.00. The van der Waals surface area contributed by atoms with E-state index in [2.05, 4.69) is 23.5 Å². The van der Waals surface area contributed by atoms with Crippen LogP contribution < -0.4 is 5.32 Å². The van der Waals surface area contributed by atoms with Gasteiger partial charge in [-0.1, -0.05) is 11.6 Å². The lowest BCUT2D eigenvalue weighted by Crippen LogP contribution is -2.17. The molecule has 0 fully saturated rings. The fraction of sp³-hybridized carbons (Fsp3) is 0.444. The molecule has 0 radical (unpaired) electrons. The summed E-state index contributed by atoms with van der Waals surface area (Å²) in [5.74, 6) is 1.08. The van der Waals surface area contributed by atoms with E-state index in [1.54, 1.807) is 6.20 Å². The molecule has 0 aliphatic carbocycles. The van der Waals surface area contributed by atoms with Gasteiger partial charge in [-0.25, -0.2) is 4.98 Å². The molecule has 1 aromatic rings. The van der Waals surface area contributed by atoms with Gasteiger partial charge in [-0.15, -0.1) is 0 Å². The molecular weight excluding hydrogens is 204 g/mol. The van der Waals surface area contributed by atoms with Gasteiger partial charge in [-0.3, -0.25) is 0 Å². The zero-order valence-corrected chi connectivity index (χ0v) is 9.32. The first-order chi connectivity index (χ1) is 6.22.